The number of ether oxygens (including phenoxy) is 1. The molecule has 4 heteroatoms. The summed E-state index contributed by atoms with van der Waals surface area (Å²) in [7, 11) is 0. The molecule has 1 aliphatic carbocycles. The third kappa shape index (κ3) is 2.11. The predicted molar refractivity (Wildman–Crippen MR) is 62.2 cm³/mol. The summed E-state index contributed by atoms with van der Waals surface area (Å²) in [5.74, 6) is 2.30. The van der Waals surface area contributed by atoms with Gasteiger partial charge in [-0.1, -0.05) is 0 Å². The summed E-state index contributed by atoms with van der Waals surface area (Å²) in [6.45, 7) is 0.753. The van der Waals surface area contributed by atoms with Crippen LogP contribution in [0.1, 0.15) is 19.3 Å². The van der Waals surface area contributed by atoms with Gasteiger partial charge in [0.15, 0.2) is 0 Å². The minimum atomic E-state index is 0.532. The second-order valence-electron chi connectivity index (χ2n) is 4.76. The van der Waals surface area contributed by atoms with Crippen molar-refractivity contribution in [3.05, 3.63) is 18.3 Å². The number of hydrogen-bond acceptors (Lipinski definition) is 4. The van der Waals surface area contributed by atoms with Gasteiger partial charge < -0.3 is 15.8 Å². The highest BCUT2D eigenvalue weighted by molar-refractivity contribution is 5.32. The Bertz CT molecular complexity index is 355. The lowest BCUT2D eigenvalue weighted by Crippen LogP contribution is -2.27. The number of aromatic nitrogens is 1. The Balaban J connectivity index is 1.41. The quantitative estimate of drug-likeness (QED) is 0.798. The zero-order valence-corrected chi connectivity index (χ0v) is 9.23. The molecule has 2 aliphatic rings. The fourth-order valence-electron chi connectivity index (χ4n) is 2.45. The molecule has 3 N–H and O–H groups in total. The fraction of sp³-hybridized carbons (Fsp3) is 0.583. The molecule has 3 unspecified atom stereocenters. The maximum absolute atomic E-state index is 5.61. The molecular formula is C12H17N3O. The molecule has 0 amide bonds. The highest BCUT2D eigenvalue weighted by Gasteiger charge is 2.45. The van der Waals surface area contributed by atoms with E-state index in [1.54, 1.807) is 12.3 Å². The SMILES string of the molecule is Nc1ccc(OCCC2CC3CC3N2)cn1. The minimum Gasteiger partial charge on any atom is -0.492 e. The number of pyridine rings is 1. The summed E-state index contributed by atoms with van der Waals surface area (Å²) in [5, 5.41) is 3.61. The Hall–Kier alpha value is -1.29. The highest BCUT2D eigenvalue weighted by Crippen LogP contribution is 2.41. The third-order valence-electron chi connectivity index (χ3n) is 3.45. The van der Waals surface area contributed by atoms with Crippen molar-refractivity contribution in [3.63, 3.8) is 0 Å². The van der Waals surface area contributed by atoms with Gasteiger partial charge in [-0.05, 0) is 37.3 Å². The molecular weight excluding hydrogens is 202 g/mol. The number of nitrogens with two attached hydrogens (primary N) is 1. The second kappa shape index (κ2) is 3.94. The Kier molecular flexibility index (Phi) is 2.44. The summed E-state index contributed by atoms with van der Waals surface area (Å²) in [6, 6.07) is 5.11. The van der Waals surface area contributed by atoms with Crippen LogP contribution >= 0.6 is 0 Å². The van der Waals surface area contributed by atoms with Crippen LogP contribution < -0.4 is 15.8 Å². The first-order valence-corrected chi connectivity index (χ1v) is 5.91. The number of nitrogens with one attached hydrogen (secondary N) is 1. The first kappa shape index (κ1) is 9.90. The van der Waals surface area contributed by atoms with E-state index in [-0.39, 0.29) is 0 Å². The van der Waals surface area contributed by atoms with Crippen LogP contribution in [0.3, 0.4) is 0 Å². The lowest BCUT2D eigenvalue weighted by atomic mass is 10.1. The van der Waals surface area contributed by atoms with E-state index in [4.69, 9.17) is 10.5 Å². The minimum absolute atomic E-state index is 0.532. The van der Waals surface area contributed by atoms with Crippen LogP contribution in [0.4, 0.5) is 5.82 Å². The first-order valence-electron chi connectivity index (χ1n) is 5.91. The Morgan fingerprint density at radius 1 is 1.44 bits per heavy atom. The molecule has 16 heavy (non-hydrogen) atoms. The van der Waals surface area contributed by atoms with E-state index in [9.17, 15) is 0 Å². The number of piperidine rings is 1. The highest BCUT2D eigenvalue weighted by atomic mass is 16.5. The molecule has 2 heterocycles. The molecule has 0 bridgehead atoms. The van der Waals surface area contributed by atoms with E-state index in [1.165, 1.54) is 12.8 Å². The van der Waals surface area contributed by atoms with Crippen molar-refractivity contribution >= 4 is 5.82 Å². The Morgan fingerprint density at radius 3 is 3.06 bits per heavy atom. The van der Waals surface area contributed by atoms with Crippen molar-refractivity contribution in [2.75, 3.05) is 12.3 Å². The van der Waals surface area contributed by atoms with E-state index in [2.05, 4.69) is 10.3 Å². The van der Waals surface area contributed by atoms with Gasteiger partial charge >= 0.3 is 0 Å². The van der Waals surface area contributed by atoms with Crippen LogP contribution in [-0.2, 0) is 0 Å². The molecule has 0 radical (unpaired) electrons. The average molecular weight is 219 g/mol. The Morgan fingerprint density at radius 2 is 2.38 bits per heavy atom. The Labute approximate surface area is 95.2 Å². The molecule has 0 spiro atoms. The van der Waals surface area contributed by atoms with Crippen molar-refractivity contribution in [2.24, 2.45) is 5.92 Å². The van der Waals surface area contributed by atoms with Crippen LogP contribution in [0.2, 0.25) is 0 Å². The van der Waals surface area contributed by atoms with Crippen LogP contribution in [-0.4, -0.2) is 23.7 Å². The van der Waals surface area contributed by atoms with Gasteiger partial charge in [0.2, 0.25) is 0 Å². The van der Waals surface area contributed by atoms with E-state index in [1.807, 2.05) is 6.07 Å². The van der Waals surface area contributed by atoms with Crippen molar-refractivity contribution in [1.29, 1.82) is 0 Å². The monoisotopic (exact) mass is 219 g/mol. The van der Waals surface area contributed by atoms with Crippen molar-refractivity contribution < 1.29 is 4.74 Å². The van der Waals surface area contributed by atoms with Gasteiger partial charge in [0.1, 0.15) is 11.6 Å². The summed E-state index contributed by atoms with van der Waals surface area (Å²) < 4.78 is 5.61. The van der Waals surface area contributed by atoms with Gasteiger partial charge in [0.25, 0.3) is 0 Å². The van der Waals surface area contributed by atoms with E-state index < -0.39 is 0 Å². The van der Waals surface area contributed by atoms with Crippen LogP contribution in [0.15, 0.2) is 18.3 Å². The standard InChI is InChI=1S/C12H17N3O/c13-12-2-1-10(7-14-12)16-4-3-9-5-8-6-11(8)15-9/h1-2,7-9,11,15H,3-6H2,(H2,13,14). The van der Waals surface area contributed by atoms with Gasteiger partial charge in [-0.25, -0.2) is 4.98 Å². The van der Waals surface area contributed by atoms with Crippen molar-refractivity contribution in [1.82, 2.24) is 10.3 Å². The number of nitrogens with zero attached hydrogens (tertiary/aromatic N) is 1. The van der Waals surface area contributed by atoms with Crippen LogP contribution in [0, 0.1) is 5.92 Å². The van der Waals surface area contributed by atoms with Crippen LogP contribution in [0.25, 0.3) is 0 Å². The molecule has 1 saturated heterocycles. The molecule has 1 saturated carbocycles. The summed E-state index contributed by atoms with van der Waals surface area (Å²) in [6.07, 6.45) is 5.47. The van der Waals surface area contributed by atoms with E-state index in [0.717, 1.165) is 30.7 Å². The molecule has 2 fully saturated rings. The number of hydrogen-bond donors (Lipinski definition) is 2. The first-order chi connectivity index (χ1) is 7.81. The smallest absolute Gasteiger partial charge is 0.137 e. The number of rotatable bonds is 4. The topological polar surface area (TPSA) is 60.2 Å². The third-order valence-corrected chi connectivity index (χ3v) is 3.45. The van der Waals surface area contributed by atoms with E-state index in [0.29, 0.717) is 11.9 Å². The van der Waals surface area contributed by atoms with Gasteiger partial charge in [0.05, 0.1) is 12.8 Å². The maximum atomic E-state index is 5.61. The summed E-state index contributed by atoms with van der Waals surface area (Å²) in [5.41, 5.74) is 5.50. The largest absolute Gasteiger partial charge is 0.492 e. The number of nitrogen functional groups attached to an aromatic ring is 1. The molecule has 4 nitrogen and oxygen atoms in total. The van der Waals surface area contributed by atoms with Gasteiger partial charge in [-0.3, -0.25) is 0 Å². The van der Waals surface area contributed by atoms with Crippen molar-refractivity contribution in [3.8, 4) is 5.75 Å². The van der Waals surface area contributed by atoms with Gasteiger partial charge in [-0.2, -0.15) is 0 Å². The molecule has 0 aromatic carbocycles. The zero-order valence-electron chi connectivity index (χ0n) is 9.23. The molecule has 3 atom stereocenters. The molecule has 1 aromatic rings. The molecule has 86 valence electrons. The summed E-state index contributed by atoms with van der Waals surface area (Å²) in [4.78, 5) is 3.99. The number of fused-ring (bicyclic) bond motifs is 1. The maximum Gasteiger partial charge on any atom is 0.137 e. The predicted octanol–water partition coefficient (Wildman–Crippen LogP) is 1.18. The zero-order chi connectivity index (χ0) is 11.0. The fourth-order valence-corrected chi connectivity index (χ4v) is 2.45. The van der Waals surface area contributed by atoms with Crippen molar-refractivity contribution in [2.45, 2.75) is 31.3 Å². The van der Waals surface area contributed by atoms with E-state index >= 15 is 0 Å². The molecule has 3 rings (SSSR count). The number of anilines is 1. The lowest BCUT2D eigenvalue weighted by molar-refractivity contribution is 0.286. The second-order valence-corrected chi connectivity index (χ2v) is 4.76. The van der Waals surface area contributed by atoms with Gasteiger partial charge in [0, 0.05) is 12.1 Å². The van der Waals surface area contributed by atoms with Crippen LogP contribution in [0.5, 0.6) is 5.75 Å². The molecule has 1 aliphatic heterocycles. The normalized spacial score (nSPS) is 31.1. The summed E-state index contributed by atoms with van der Waals surface area (Å²) >= 11 is 0. The lowest BCUT2D eigenvalue weighted by Gasteiger charge is -2.13. The molecule has 1 aromatic heterocycles. The average Bonchev–Trinajstić information content (AvgIpc) is 2.90. The van der Waals surface area contributed by atoms with Gasteiger partial charge in [-0.15, -0.1) is 0 Å².